The van der Waals surface area contributed by atoms with E-state index >= 15 is 0 Å². The van der Waals surface area contributed by atoms with Crippen molar-refractivity contribution in [2.45, 2.75) is 45.6 Å². The van der Waals surface area contributed by atoms with E-state index in [4.69, 9.17) is 22.1 Å². The smallest absolute Gasteiger partial charge is 0.199 e. The highest BCUT2D eigenvalue weighted by atomic mass is 32.1. The van der Waals surface area contributed by atoms with Gasteiger partial charge in [0.15, 0.2) is 10.6 Å². The molecule has 5 nitrogen and oxygen atoms in total. The predicted octanol–water partition coefficient (Wildman–Crippen LogP) is 4.87. The molecule has 2 aromatic carbocycles. The van der Waals surface area contributed by atoms with Gasteiger partial charge in [0.2, 0.25) is 0 Å². The summed E-state index contributed by atoms with van der Waals surface area (Å²) >= 11 is 5.73. The standard InChI is InChI=1S/C22H25FN4OS/c1-3-26-21(17-6-12-20(28-2)13-7-17)24-27(22(26)29)15-25(19-10-11-19)14-16-4-8-18(23)9-5-16/h4-9,12-13,19H,3,10-11,14-15H2,1-2H3. The van der Waals surface area contributed by atoms with Gasteiger partial charge in [-0.3, -0.25) is 4.90 Å². The zero-order valence-corrected chi connectivity index (χ0v) is 17.5. The van der Waals surface area contributed by atoms with Gasteiger partial charge < -0.3 is 9.30 Å². The number of halogens is 1. The Morgan fingerprint density at radius 3 is 2.41 bits per heavy atom. The molecule has 7 heteroatoms. The fourth-order valence-electron chi connectivity index (χ4n) is 3.50. The van der Waals surface area contributed by atoms with Gasteiger partial charge in [0, 0.05) is 24.7 Å². The molecule has 1 heterocycles. The van der Waals surface area contributed by atoms with Crippen molar-refractivity contribution in [3.8, 4) is 17.1 Å². The third-order valence-corrected chi connectivity index (χ3v) is 5.70. The van der Waals surface area contributed by atoms with Crippen LogP contribution in [0.2, 0.25) is 0 Å². The van der Waals surface area contributed by atoms with Crippen molar-refractivity contribution in [2.24, 2.45) is 0 Å². The molecule has 0 aliphatic heterocycles. The van der Waals surface area contributed by atoms with E-state index in [1.54, 1.807) is 7.11 Å². The first-order valence-corrected chi connectivity index (χ1v) is 10.3. The van der Waals surface area contributed by atoms with Gasteiger partial charge in [-0.05, 0) is 73.9 Å². The predicted molar refractivity (Wildman–Crippen MR) is 114 cm³/mol. The Bertz CT molecular complexity index is 1020. The zero-order valence-electron chi connectivity index (χ0n) is 16.7. The lowest BCUT2D eigenvalue weighted by molar-refractivity contribution is 0.186. The van der Waals surface area contributed by atoms with Crippen LogP contribution in [0.15, 0.2) is 48.5 Å². The zero-order chi connectivity index (χ0) is 20.4. The summed E-state index contributed by atoms with van der Waals surface area (Å²) in [6.45, 7) is 4.20. The Kier molecular flexibility index (Phi) is 5.78. The maximum atomic E-state index is 13.2. The lowest BCUT2D eigenvalue weighted by atomic mass is 10.2. The molecule has 1 aliphatic rings. The molecule has 152 valence electrons. The van der Waals surface area contributed by atoms with Crippen LogP contribution in [0.1, 0.15) is 25.3 Å². The number of rotatable bonds is 8. The van der Waals surface area contributed by atoms with Crippen molar-refractivity contribution in [1.29, 1.82) is 0 Å². The number of ether oxygens (including phenoxy) is 1. The maximum Gasteiger partial charge on any atom is 0.199 e. The molecule has 29 heavy (non-hydrogen) atoms. The normalized spacial score (nSPS) is 13.8. The van der Waals surface area contributed by atoms with Gasteiger partial charge in [-0.1, -0.05) is 12.1 Å². The third kappa shape index (κ3) is 4.41. The highest BCUT2D eigenvalue weighted by Gasteiger charge is 2.30. The molecular formula is C22H25FN4OS. The molecule has 0 spiro atoms. The minimum atomic E-state index is -0.209. The van der Waals surface area contributed by atoms with Gasteiger partial charge in [-0.25, -0.2) is 9.07 Å². The summed E-state index contributed by atoms with van der Waals surface area (Å²) in [5.41, 5.74) is 2.10. The summed E-state index contributed by atoms with van der Waals surface area (Å²) < 4.78 is 23.2. The van der Waals surface area contributed by atoms with Gasteiger partial charge >= 0.3 is 0 Å². The van der Waals surface area contributed by atoms with Crippen LogP contribution in [0.5, 0.6) is 5.75 Å². The van der Waals surface area contributed by atoms with Crippen molar-refractivity contribution >= 4 is 12.2 Å². The van der Waals surface area contributed by atoms with Crippen LogP contribution < -0.4 is 4.74 Å². The molecule has 1 aliphatic carbocycles. The summed E-state index contributed by atoms with van der Waals surface area (Å²) in [7, 11) is 1.66. The van der Waals surface area contributed by atoms with Crippen LogP contribution in [0, 0.1) is 10.6 Å². The third-order valence-electron chi connectivity index (χ3n) is 5.27. The molecule has 0 saturated heterocycles. The van der Waals surface area contributed by atoms with Crippen molar-refractivity contribution in [3.05, 3.63) is 64.7 Å². The van der Waals surface area contributed by atoms with E-state index < -0.39 is 0 Å². The lowest BCUT2D eigenvalue weighted by Gasteiger charge is -2.21. The number of benzene rings is 2. The van der Waals surface area contributed by atoms with E-state index in [0.29, 0.717) is 17.5 Å². The number of hydrogen-bond donors (Lipinski definition) is 0. The number of nitrogens with zero attached hydrogens (tertiary/aromatic N) is 4. The Morgan fingerprint density at radius 1 is 1.14 bits per heavy atom. The maximum absolute atomic E-state index is 13.2. The first-order valence-electron chi connectivity index (χ1n) is 9.89. The van der Waals surface area contributed by atoms with Gasteiger partial charge in [-0.2, -0.15) is 5.10 Å². The van der Waals surface area contributed by atoms with Gasteiger partial charge in [-0.15, -0.1) is 0 Å². The van der Waals surface area contributed by atoms with Crippen LogP contribution >= 0.6 is 12.2 Å². The molecule has 0 atom stereocenters. The molecule has 1 fully saturated rings. The van der Waals surface area contributed by atoms with Crippen molar-refractivity contribution in [3.63, 3.8) is 0 Å². The van der Waals surface area contributed by atoms with Crippen LogP contribution in [0.4, 0.5) is 4.39 Å². The molecule has 1 saturated carbocycles. The molecular weight excluding hydrogens is 387 g/mol. The average Bonchev–Trinajstić information content (AvgIpc) is 3.54. The molecule has 0 radical (unpaired) electrons. The van der Waals surface area contributed by atoms with Crippen LogP contribution in [0.25, 0.3) is 11.4 Å². The van der Waals surface area contributed by atoms with Gasteiger partial charge in [0.05, 0.1) is 13.8 Å². The Hall–Kier alpha value is -2.51. The highest BCUT2D eigenvalue weighted by Crippen LogP contribution is 2.29. The molecule has 0 bridgehead atoms. The fraction of sp³-hybridized carbons (Fsp3) is 0.364. The topological polar surface area (TPSA) is 35.2 Å². The summed E-state index contributed by atoms with van der Waals surface area (Å²) in [6.07, 6.45) is 2.35. The number of methoxy groups -OCH3 is 1. The van der Waals surface area contributed by atoms with E-state index in [1.165, 1.54) is 25.0 Å². The quantitative estimate of drug-likeness (QED) is 0.495. The molecule has 1 aromatic heterocycles. The van der Waals surface area contributed by atoms with Crippen LogP contribution in [0.3, 0.4) is 0 Å². The summed E-state index contributed by atoms with van der Waals surface area (Å²) in [5, 5.41) is 4.85. The minimum absolute atomic E-state index is 0.209. The molecule has 0 amide bonds. The van der Waals surface area contributed by atoms with E-state index in [-0.39, 0.29) is 5.82 Å². The second-order valence-corrected chi connectivity index (χ2v) is 7.69. The van der Waals surface area contributed by atoms with E-state index in [1.807, 2.05) is 41.1 Å². The van der Waals surface area contributed by atoms with E-state index in [9.17, 15) is 4.39 Å². The fourth-order valence-corrected chi connectivity index (χ4v) is 3.82. The second kappa shape index (κ2) is 8.47. The van der Waals surface area contributed by atoms with Crippen LogP contribution in [-0.4, -0.2) is 32.4 Å². The Balaban J connectivity index is 1.60. The number of hydrogen-bond acceptors (Lipinski definition) is 4. The molecule has 4 rings (SSSR count). The molecule has 0 unspecified atom stereocenters. The van der Waals surface area contributed by atoms with E-state index in [0.717, 1.165) is 35.8 Å². The Morgan fingerprint density at radius 2 is 1.83 bits per heavy atom. The first kappa shape index (κ1) is 19.8. The molecule has 0 N–H and O–H groups in total. The monoisotopic (exact) mass is 412 g/mol. The van der Waals surface area contributed by atoms with Crippen LogP contribution in [-0.2, 0) is 19.8 Å². The first-order chi connectivity index (χ1) is 14.1. The minimum Gasteiger partial charge on any atom is -0.497 e. The second-order valence-electron chi connectivity index (χ2n) is 7.32. The average molecular weight is 413 g/mol. The number of aromatic nitrogens is 3. The molecule has 3 aromatic rings. The lowest BCUT2D eigenvalue weighted by Crippen LogP contribution is -2.29. The van der Waals surface area contributed by atoms with Crippen molar-refractivity contribution in [2.75, 3.05) is 7.11 Å². The Labute approximate surface area is 175 Å². The van der Waals surface area contributed by atoms with E-state index in [2.05, 4.69) is 16.4 Å². The van der Waals surface area contributed by atoms with Gasteiger partial charge in [0.1, 0.15) is 11.6 Å². The largest absolute Gasteiger partial charge is 0.497 e. The van der Waals surface area contributed by atoms with Crippen molar-refractivity contribution < 1.29 is 9.13 Å². The summed E-state index contributed by atoms with van der Waals surface area (Å²) in [6, 6.07) is 15.1. The summed E-state index contributed by atoms with van der Waals surface area (Å²) in [4.78, 5) is 2.37. The van der Waals surface area contributed by atoms with Crippen molar-refractivity contribution in [1.82, 2.24) is 19.2 Å². The highest BCUT2D eigenvalue weighted by molar-refractivity contribution is 7.71. The van der Waals surface area contributed by atoms with Gasteiger partial charge in [0.25, 0.3) is 0 Å². The SMILES string of the molecule is CCn1c(-c2ccc(OC)cc2)nn(CN(Cc2ccc(F)cc2)C2CC2)c1=S. The summed E-state index contributed by atoms with van der Waals surface area (Å²) in [5.74, 6) is 1.46.